The molecule has 0 heterocycles. The van der Waals surface area contributed by atoms with Crippen LogP contribution >= 0.6 is 0 Å². The van der Waals surface area contributed by atoms with E-state index in [2.05, 4.69) is 16.0 Å². The van der Waals surface area contributed by atoms with Crippen LogP contribution in [0.4, 0.5) is 0 Å². The first-order valence-corrected chi connectivity index (χ1v) is 4.92. The van der Waals surface area contributed by atoms with Gasteiger partial charge in [-0.15, -0.1) is 0 Å². The van der Waals surface area contributed by atoms with Crippen molar-refractivity contribution < 1.29 is 19.5 Å². The third-order valence-electron chi connectivity index (χ3n) is 1.55. The van der Waals surface area contributed by atoms with Crippen molar-refractivity contribution in [3.8, 4) is 0 Å². The van der Waals surface area contributed by atoms with Crippen molar-refractivity contribution in [1.82, 2.24) is 16.0 Å². The van der Waals surface area contributed by atoms with E-state index in [1.807, 2.05) is 0 Å². The van der Waals surface area contributed by atoms with E-state index in [-0.39, 0.29) is 25.5 Å². The number of amides is 3. The number of nitrogens with one attached hydrogen (secondary N) is 3. The number of hydrogen-bond acceptors (Lipinski definition) is 4. The summed E-state index contributed by atoms with van der Waals surface area (Å²) in [6, 6.07) is 0. The van der Waals surface area contributed by atoms with Gasteiger partial charge < -0.3 is 21.1 Å². The standard InChI is InChI=1S/C9H17N3O4/c1-6(13)5-12-9(16)8(15)11-4-3-10-7(2)14/h6,13H,3-5H2,1-2H3,(H,10,14)(H,11,15)(H,12,16). The Balaban J connectivity index is 3.63. The second-order valence-electron chi connectivity index (χ2n) is 3.30. The molecule has 16 heavy (non-hydrogen) atoms. The highest BCUT2D eigenvalue weighted by molar-refractivity contribution is 6.35. The normalized spacial score (nSPS) is 11.4. The molecule has 0 aromatic heterocycles. The number of rotatable bonds is 5. The minimum Gasteiger partial charge on any atom is -0.392 e. The van der Waals surface area contributed by atoms with Crippen LogP contribution in [0.25, 0.3) is 0 Å². The fraction of sp³-hybridized carbons (Fsp3) is 0.667. The van der Waals surface area contributed by atoms with Crippen LogP contribution in [0.1, 0.15) is 13.8 Å². The molecule has 0 aromatic rings. The minimum atomic E-state index is -0.802. The van der Waals surface area contributed by atoms with Gasteiger partial charge in [-0.25, -0.2) is 0 Å². The van der Waals surface area contributed by atoms with E-state index < -0.39 is 17.9 Å². The maximum atomic E-state index is 11.1. The van der Waals surface area contributed by atoms with Gasteiger partial charge >= 0.3 is 11.8 Å². The van der Waals surface area contributed by atoms with Gasteiger partial charge in [-0.1, -0.05) is 0 Å². The van der Waals surface area contributed by atoms with Crippen molar-refractivity contribution in [3.05, 3.63) is 0 Å². The summed E-state index contributed by atoms with van der Waals surface area (Å²) >= 11 is 0. The summed E-state index contributed by atoms with van der Waals surface area (Å²) in [4.78, 5) is 32.6. The fourth-order valence-corrected chi connectivity index (χ4v) is 0.816. The monoisotopic (exact) mass is 231 g/mol. The van der Waals surface area contributed by atoms with Gasteiger partial charge in [-0.3, -0.25) is 14.4 Å². The van der Waals surface area contributed by atoms with E-state index in [1.54, 1.807) is 0 Å². The van der Waals surface area contributed by atoms with Gasteiger partial charge in [0.05, 0.1) is 6.10 Å². The van der Waals surface area contributed by atoms with Gasteiger partial charge in [0.15, 0.2) is 0 Å². The average Bonchev–Trinajstić information content (AvgIpc) is 2.20. The highest BCUT2D eigenvalue weighted by Gasteiger charge is 2.12. The van der Waals surface area contributed by atoms with Crippen molar-refractivity contribution in [2.24, 2.45) is 0 Å². The predicted octanol–water partition coefficient (Wildman–Crippen LogP) is -2.26. The van der Waals surface area contributed by atoms with E-state index in [1.165, 1.54) is 13.8 Å². The minimum absolute atomic E-state index is 0.0257. The molecule has 1 atom stereocenters. The van der Waals surface area contributed by atoms with E-state index in [9.17, 15) is 14.4 Å². The number of aliphatic hydroxyl groups is 1. The lowest BCUT2D eigenvalue weighted by atomic mass is 10.4. The molecule has 0 saturated heterocycles. The fourth-order valence-electron chi connectivity index (χ4n) is 0.816. The molecule has 4 N–H and O–H groups in total. The number of hydrogen-bond donors (Lipinski definition) is 4. The Morgan fingerprint density at radius 1 is 1.06 bits per heavy atom. The molecule has 0 rings (SSSR count). The lowest BCUT2D eigenvalue weighted by Crippen LogP contribution is -2.44. The Hall–Kier alpha value is -1.63. The first-order chi connectivity index (χ1) is 7.43. The van der Waals surface area contributed by atoms with E-state index in [0.717, 1.165) is 0 Å². The quantitative estimate of drug-likeness (QED) is 0.316. The maximum Gasteiger partial charge on any atom is 0.309 e. The summed E-state index contributed by atoms with van der Waals surface area (Å²) in [6.07, 6.45) is -0.698. The molecule has 7 nitrogen and oxygen atoms in total. The molecule has 0 spiro atoms. The Bertz CT molecular complexity index is 265. The molecule has 7 heteroatoms. The number of aliphatic hydroxyl groups excluding tert-OH is 1. The van der Waals surface area contributed by atoms with Crippen LogP contribution in [0.2, 0.25) is 0 Å². The second-order valence-corrected chi connectivity index (χ2v) is 3.30. The second kappa shape index (κ2) is 7.63. The molecule has 0 radical (unpaired) electrons. The summed E-state index contributed by atoms with van der Waals surface area (Å²) in [7, 11) is 0. The smallest absolute Gasteiger partial charge is 0.309 e. The Morgan fingerprint density at radius 2 is 1.56 bits per heavy atom. The van der Waals surface area contributed by atoms with Crippen LogP contribution < -0.4 is 16.0 Å². The maximum absolute atomic E-state index is 11.1. The average molecular weight is 231 g/mol. The van der Waals surface area contributed by atoms with E-state index in [4.69, 9.17) is 5.11 Å². The van der Waals surface area contributed by atoms with Gasteiger partial charge in [0, 0.05) is 26.6 Å². The summed E-state index contributed by atoms with van der Waals surface area (Å²) in [6.45, 7) is 3.33. The van der Waals surface area contributed by atoms with Gasteiger partial charge in [0.25, 0.3) is 0 Å². The van der Waals surface area contributed by atoms with Crippen molar-refractivity contribution in [1.29, 1.82) is 0 Å². The van der Waals surface area contributed by atoms with Crippen molar-refractivity contribution in [2.75, 3.05) is 19.6 Å². The van der Waals surface area contributed by atoms with E-state index >= 15 is 0 Å². The van der Waals surface area contributed by atoms with Gasteiger partial charge in [-0.2, -0.15) is 0 Å². The van der Waals surface area contributed by atoms with Crippen molar-refractivity contribution in [3.63, 3.8) is 0 Å². The lowest BCUT2D eigenvalue weighted by Gasteiger charge is -2.07. The highest BCUT2D eigenvalue weighted by Crippen LogP contribution is 1.75. The topological polar surface area (TPSA) is 108 Å². The summed E-state index contributed by atoms with van der Waals surface area (Å²) in [5, 5.41) is 15.9. The van der Waals surface area contributed by atoms with Crippen LogP contribution in [-0.4, -0.2) is 48.6 Å². The Morgan fingerprint density at radius 3 is 2.06 bits per heavy atom. The van der Waals surface area contributed by atoms with Gasteiger partial charge in [0.2, 0.25) is 5.91 Å². The largest absolute Gasteiger partial charge is 0.392 e. The molecule has 3 amide bonds. The SMILES string of the molecule is CC(=O)NCCNC(=O)C(=O)NCC(C)O. The Labute approximate surface area is 93.6 Å². The van der Waals surface area contributed by atoms with Crippen LogP contribution in [0.15, 0.2) is 0 Å². The van der Waals surface area contributed by atoms with E-state index in [0.29, 0.717) is 0 Å². The van der Waals surface area contributed by atoms with Crippen LogP contribution in [0.5, 0.6) is 0 Å². The molecular formula is C9H17N3O4. The summed E-state index contributed by atoms with van der Waals surface area (Å²) < 4.78 is 0. The van der Waals surface area contributed by atoms with Crippen molar-refractivity contribution >= 4 is 17.7 Å². The third-order valence-corrected chi connectivity index (χ3v) is 1.55. The molecule has 0 aliphatic heterocycles. The van der Waals surface area contributed by atoms with Gasteiger partial charge in [-0.05, 0) is 6.92 Å². The molecule has 0 aliphatic rings. The number of carbonyl (C=O) groups is 3. The molecule has 1 unspecified atom stereocenters. The molecule has 0 fully saturated rings. The van der Waals surface area contributed by atoms with Crippen LogP contribution in [0, 0.1) is 0 Å². The summed E-state index contributed by atoms with van der Waals surface area (Å²) in [5.74, 6) is -1.79. The highest BCUT2D eigenvalue weighted by atomic mass is 16.3. The molecule has 0 aliphatic carbocycles. The predicted molar refractivity (Wildman–Crippen MR) is 56.4 cm³/mol. The lowest BCUT2D eigenvalue weighted by molar-refractivity contribution is -0.139. The zero-order valence-electron chi connectivity index (χ0n) is 9.37. The first kappa shape index (κ1) is 14.4. The Kier molecular flexibility index (Phi) is 6.86. The molecular weight excluding hydrogens is 214 g/mol. The van der Waals surface area contributed by atoms with Crippen LogP contribution in [-0.2, 0) is 14.4 Å². The van der Waals surface area contributed by atoms with Gasteiger partial charge in [0.1, 0.15) is 0 Å². The zero-order chi connectivity index (χ0) is 12.6. The zero-order valence-corrected chi connectivity index (χ0v) is 9.37. The van der Waals surface area contributed by atoms with Crippen LogP contribution in [0.3, 0.4) is 0 Å². The molecule has 0 aromatic carbocycles. The first-order valence-electron chi connectivity index (χ1n) is 4.92. The summed E-state index contributed by atoms with van der Waals surface area (Å²) in [5.41, 5.74) is 0. The molecule has 92 valence electrons. The molecule has 0 bridgehead atoms. The number of carbonyl (C=O) groups excluding carboxylic acids is 3. The third kappa shape index (κ3) is 7.74. The van der Waals surface area contributed by atoms with Crippen molar-refractivity contribution in [2.45, 2.75) is 20.0 Å². The molecule has 0 saturated carbocycles.